The monoisotopic (exact) mass is 389 g/mol. The van der Waals surface area contributed by atoms with Gasteiger partial charge in [0.1, 0.15) is 6.10 Å². The summed E-state index contributed by atoms with van der Waals surface area (Å²) in [6, 6.07) is 8.10. The fourth-order valence-corrected chi connectivity index (χ4v) is 4.63. The molecule has 4 rings (SSSR count). The summed E-state index contributed by atoms with van der Waals surface area (Å²) in [5.74, 6) is -0.0422. The number of nitrogens with zero attached hydrogens (tertiary/aromatic N) is 3. The molecule has 1 saturated heterocycles. The van der Waals surface area contributed by atoms with Crippen molar-refractivity contribution in [3.8, 4) is 5.88 Å². The van der Waals surface area contributed by atoms with Gasteiger partial charge >= 0.3 is 5.76 Å². The highest BCUT2D eigenvalue weighted by Gasteiger charge is 2.34. The van der Waals surface area contributed by atoms with Gasteiger partial charge in [-0.1, -0.05) is 6.07 Å². The zero-order valence-corrected chi connectivity index (χ0v) is 15.8. The first-order chi connectivity index (χ1) is 12.8. The fourth-order valence-electron chi connectivity index (χ4n) is 3.12. The molecule has 1 atom stereocenters. The maximum Gasteiger partial charge on any atom is 0.419 e. The summed E-state index contributed by atoms with van der Waals surface area (Å²) in [6.07, 6.45) is 2.04. The van der Waals surface area contributed by atoms with Crippen molar-refractivity contribution in [2.75, 3.05) is 13.1 Å². The van der Waals surface area contributed by atoms with Gasteiger partial charge < -0.3 is 9.15 Å². The van der Waals surface area contributed by atoms with Crippen molar-refractivity contribution in [1.82, 2.24) is 13.9 Å². The highest BCUT2D eigenvalue weighted by Crippen LogP contribution is 2.25. The van der Waals surface area contributed by atoms with Crippen LogP contribution in [-0.4, -0.2) is 41.5 Å². The molecule has 2 aromatic heterocycles. The van der Waals surface area contributed by atoms with Crippen molar-refractivity contribution in [3.05, 3.63) is 52.6 Å². The van der Waals surface area contributed by atoms with Crippen LogP contribution >= 0.6 is 0 Å². The molecule has 0 amide bonds. The topological polar surface area (TPSA) is 94.6 Å². The lowest BCUT2D eigenvalue weighted by Gasteiger charge is -2.17. The molecule has 0 unspecified atom stereocenters. The summed E-state index contributed by atoms with van der Waals surface area (Å²) in [7, 11) is -2.15. The Morgan fingerprint density at radius 2 is 2.07 bits per heavy atom. The zero-order chi connectivity index (χ0) is 19.2. The van der Waals surface area contributed by atoms with E-state index >= 15 is 0 Å². The summed E-state index contributed by atoms with van der Waals surface area (Å²) in [5, 5.41) is 0. The van der Waals surface area contributed by atoms with Crippen LogP contribution in [0.3, 0.4) is 0 Å². The van der Waals surface area contributed by atoms with Crippen molar-refractivity contribution >= 4 is 21.1 Å². The van der Waals surface area contributed by atoms with Crippen molar-refractivity contribution in [1.29, 1.82) is 0 Å². The van der Waals surface area contributed by atoms with Gasteiger partial charge in [0.05, 0.1) is 17.0 Å². The molecule has 0 bridgehead atoms. The Morgan fingerprint density at radius 3 is 2.81 bits per heavy atom. The number of rotatable bonds is 4. The lowest BCUT2D eigenvalue weighted by Crippen LogP contribution is -2.31. The van der Waals surface area contributed by atoms with Gasteiger partial charge in [0, 0.05) is 25.9 Å². The van der Waals surface area contributed by atoms with Gasteiger partial charge in [0.25, 0.3) is 0 Å². The normalized spacial score (nSPS) is 18.2. The minimum absolute atomic E-state index is 0.125. The van der Waals surface area contributed by atoms with Crippen molar-refractivity contribution < 1.29 is 17.6 Å². The number of aromatic nitrogens is 2. The van der Waals surface area contributed by atoms with E-state index in [2.05, 4.69) is 4.98 Å². The van der Waals surface area contributed by atoms with Crippen LogP contribution in [0.4, 0.5) is 0 Å². The van der Waals surface area contributed by atoms with Gasteiger partial charge in [-0.2, -0.15) is 4.31 Å². The van der Waals surface area contributed by atoms with E-state index in [1.807, 2.05) is 13.0 Å². The van der Waals surface area contributed by atoms with Crippen LogP contribution in [0.15, 0.2) is 50.6 Å². The van der Waals surface area contributed by atoms with E-state index in [-0.39, 0.29) is 17.5 Å². The average Bonchev–Trinajstić information content (AvgIpc) is 3.22. The van der Waals surface area contributed by atoms with Crippen molar-refractivity contribution in [2.45, 2.75) is 24.3 Å². The number of hydrogen-bond acceptors (Lipinski definition) is 6. The summed E-state index contributed by atoms with van der Waals surface area (Å²) < 4.78 is 39.5. The van der Waals surface area contributed by atoms with Crippen LogP contribution in [0.2, 0.25) is 0 Å². The zero-order valence-electron chi connectivity index (χ0n) is 15.0. The minimum atomic E-state index is -3.69. The first-order valence-electron chi connectivity index (χ1n) is 8.53. The van der Waals surface area contributed by atoms with Crippen LogP contribution < -0.4 is 10.5 Å². The van der Waals surface area contributed by atoms with E-state index in [0.717, 1.165) is 5.56 Å². The second kappa shape index (κ2) is 6.50. The van der Waals surface area contributed by atoms with Crippen LogP contribution in [0, 0.1) is 6.92 Å². The molecule has 1 aliphatic rings. The number of benzene rings is 1. The van der Waals surface area contributed by atoms with Gasteiger partial charge in [0.2, 0.25) is 15.9 Å². The van der Waals surface area contributed by atoms with E-state index in [0.29, 0.717) is 29.9 Å². The molecular formula is C18H19N3O5S. The molecule has 9 heteroatoms. The molecule has 3 heterocycles. The van der Waals surface area contributed by atoms with Crippen LogP contribution in [-0.2, 0) is 17.1 Å². The number of hydrogen-bond donors (Lipinski definition) is 0. The molecular weight excluding hydrogens is 370 g/mol. The minimum Gasteiger partial charge on any atom is -0.473 e. The number of ether oxygens (including phenoxy) is 1. The molecule has 0 radical (unpaired) electrons. The molecule has 27 heavy (non-hydrogen) atoms. The molecule has 1 aromatic carbocycles. The third kappa shape index (κ3) is 3.24. The Morgan fingerprint density at radius 1 is 1.26 bits per heavy atom. The highest BCUT2D eigenvalue weighted by atomic mass is 32.2. The molecule has 1 aliphatic heterocycles. The lowest BCUT2D eigenvalue weighted by atomic mass is 10.3. The van der Waals surface area contributed by atoms with Crippen molar-refractivity contribution in [3.63, 3.8) is 0 Å². The smallest absolute Gasteiger partial charge is 0.419 e. The Labute approximate surface area is 156 Å². The summed E-state index contributed by atoms with van der Waals surface area (Å²) >= 11 is 0. The number of fused-ring (bicyclic) bond motifs is 1. The molecule has 8 nitrogen and oxygen atoms in total. The quantitative estimate of drug-likeness (QED) is 0.674. The molecule has 0 aliphatic carbocycles. The van der Waals surface area contributed by atoms with E-state index in [9.17, 15) is 13.2 Å². The Hall–Kier alpha value is -2.65. The average molecular weight is 389 g/mol. The SMILES string of the molecule is Cc1ccc(O[C@@H]2CCN(S(=O)(=O)c3ccc4oc(=O)n(C)c4c3)C2)nc1. The second-order valence-corrected chi connectivity index (χ2v) is 8.56. The number of sulfonamides is 1. The Balaban J connectivity index is 1.55. The maximum atomic E-state index is 13.0. The van der Waals surface area contributed by atoms with Crippen LogP contribution in [0.1, 0.15) is 12.0 Å². The van der Waals surface area contributed by atoms with E-state index in [4.69, 9.17) is 9.15 Å². The first kappa shape index (κ1) is 17.7. The summed E-state index contributed by atoms with van der Waals surface area (Å²) in [5.41, 5.74) is 1.83. The second-order valence-electron chi connectivity index (χ2n) is 6.62. The number of oxazole rings is 1. The molecule has 1 fully saturated rings. The fraction of sp³-hybridized carbons (Fsp3) is 0.333. The third-order valence-corrected chi connectivity index (χ3v) is 6.54. The Kier molecular flexibility index (Phi) is 4.27. The Bertz CT molecular complexity index is 1150. The predicted molar refractivity (Wildman–Crippen MR) is 98.2 cm³/mol. The van der Waals surface area contributed by atoms with Gasteiger partial charge in [-0.15, -0.1) is 0 Å². The van der Waals surface area contributed by atoms with Gasteiger partial charge in [-0.3, -0.25) is 4.57 Å². The lowest BCUT2D eigenvalue weighted by molar-refractivity contribution is 0.207. The van der Waals surface area contributed by atoms with E-state index in [1.165, 1.54) is 27.1 Å². The number of aryl methyl sites for hydroxylation is 2. The first-order valence-corrected chi connectivity index (χ1v) is 9.97. The maximum absolute atomic E-state index is 13.0. The molecule has 0 saturated carbocycles. The van der Waals surface area contributed by atoms with Crippen molar-refractivity contribution in [2.24, 2.45) is 7.05 Å². The van der Waals surface area contributed by atoms with Gasteiger partial charge in [0.15, 0.2) is 5.58 Å². The molecule has 142 valence electrons. The number of pyridine rings is 1. The molecule has 0 N–H and O–H groups in total. The summed E-state index contributed by atoms with van der Waals surface area (Å²) in [6.45, 7) is 2.55. The largest absolute Gasteiger partial charge is 0.473 e. The standard InChI is InChI=1S/C18H19N3O5S/c1-12-3-6-17(19-10-12)25-13-7-8-21(11-13)27(23,24)14-4-5-16-15(9-14)20(2)18(22)26-16/h3-6,9-10,13H,7-8,11H2,1-2H3/t13-/m1/s1. The van der Waals surface area contributed by atoms with Gasteiger partial charge in [-0.05, 0) is 37.1 Å². The summed E-state index contributed by atoms with van der Waals surface area (Å²) in [4.78, 5) is 15.9. The van der Waals surface area contributed by atoms with Crippen LogP contribution in [0.5, 0.6) is 5.88 Å². The van der Waals surface area contributed by atoms with E-state index < -0.39 is 15.8 Å². The molecule has 0 spiro atoms. The molecule has 3 aromatic rings. The van der Waals surface area contributed by atoms with Crippen LogP contribution in [0.25, 0.3) is 11.1 Å². The van der Waals surface area contributed by atoms with Gasteiger partial charge in [-0.25, -0.2) is 18.2 Å². The predicted octanol–water partition coefficient (Wildman–Crippen LogP) is 1.68. The highest BCUT2D eigenvalue weighted by molar-refractivity contribution is 7.89. The third-order valence-electron chi connectivity index (χ3n) is 4.68. The van der Waals surface area contributed by atoms with E-state index in [1.54, 1.807) is 19.3 Å².